The zero-order valence-electron chi connectivity index (χ0n) is 6.15. The van der Waals surface area contributed by atoms with Gasteiger partial charge in [0.2, 0.25) is 5.76 Å². The molecule has 0 amide bonds. The Morgan fingerprint density at radius 3 is 3.00 bits per heavy atom. The summed E-state index contributed by atoms with van der Waals surface area (Å²) in [5.74, 6) is 1.13. The maximum Gasteiger partial charge on any atom is 0.326 e. The molecule has 2 heterocycles. The van der Waals surface area contributed by atoms with E-state index >= 15 is 0 Å². The van der Waals surface area contributed by atoms with E-state index in [0.29, 0.717) is 11.5 Å². The predicted octanol–water partition coefficient (Wildman–Crippen LogP) is 1.88. The van der Waals surface area contributed by atoms with E-state index in [4.69, 9.17) is 9.47 Å². The lowest BCUT2D eigenvalue weighted by Crippen LogP contribution is -2.01. The van der Waals surface area contributed by atoms with E-state index in [1.807, 2.05) is 24.3 Å². The number of fused-ring (bicyclic) bond motifs is 3. The number of rotatable bonds is 0. The van der Waals surface area contributed by atoms with Crippen LogP contribution < -0.4 is 4.74 Å². The van der Waals surface area contributed by atoms with E-state index in [9.17, 15) is 5.11 Å². The van der Waals surface area contributed by atoms with Crippen LogP contribution in [0.5, 0.6) is 5.75 Å². The van der Waals surface area contributed by atoms with Crippen LogP contribution in [0.4, 0.5) is 0 Å². The molecule has 1 unspecified atom stereocenters. The molecule has 1 aromatic rings. The summed E-state index contributed by atoms with van der Waals surface area (Å²) in [5.41, 5.74) is 0.991. The van der Waals surface area contributed by atoms with Crippen LogP contribution in [0.2, 0.25) is 0 Å². The molecule has 0 spiro atoms. The van der Waals surface area contributed by atoms with Crippen LogP contribution in [0.3, 0.4) is 0 Å². The van der Waals surface area contributed by atoms with Gasteiger partial charge in [0.15, 0.2) is 6.10 Å². The van der Waals surface area contributed by atoms with Gasteiger partial charge in [-0.2, -0.15) is 0 Å². The molecule has 0 saturated carbocycles. The van der Waals surface area contributed by atoms with Crippen molar-refractivity contribution in [1.82, 2.24) is 0 Å². The van der Waals surface area contributed by atoms with Crippen LogP contribution in [-0.4, -0.2) is 5.11 Å². The number of epoxide rings is 1. The number of ether oxygens (including phenoxy) is 2. The van der Waals surface area contributed by atoms with Gasteiger partial charge in [0, 0.05) is 5.56 Å². The van der Waals surface area contributed by atoms with Crippen molar-refractivity contribution in [1.29, 1.82) is 0 Å². The van der Waals surface area contributed by atoms with Crippen LogP contribution in [0.1, 0.15) is 11.7 Å². The van der Waals surface area contributed by atoms with Crippen molar-refractivity contribution < 1.29 is 14.6 Å². The Morgan fingerprint density at radius 2 is 2.08 bits per heavy atom. The Bertz CT molecular complexity index is 381. The van der Waals surface area contributed by atoms with Gasteiger partial charge in [-0.25, -0.2) is 0 Å². The topological polar surface area (TPSA) is 42.0 Å². The van der Waals surface area contributed by atoms with Gasteiger partial charge in [-0.1, -0.05) is 18.2 Å². The van der Waals surface area contributed by atoms with Crippen molar-refractivity contribution in [3.8, 4) is 5.75 Å². The summed E-state index contributed by atoms with van der Waals surface area (Å²) in [4.78, 5) is 0. The minimum absolute atomic E-state index is 0.0602. The first kappa shape index (κ1) is 5.94. The van der Waals surface area contributed by atoms with Gasteiger partial charge >= 0.3 is 5.95 Å². The molecule has 3 nitrogen and oxygen atoms in total. The zero-order chi connectivity index (χ0) is 8.13. The number of hydrogen-bond acceptors (Lipinski definition) is 3. The average Bonchev–Trinajstić information content (AvgIpc) is 2.84. The molecule has 1 aromatic carbocycles. The third-order valence-electron chi connectivity index (χ3n) is 2.04. The summed E-state index contributed by atoms with van der Waals surface area (Å²) in [6, 6.07) is 7.52. The normalized spacial score (nSPS) is 23.5. The Kier molecular flexibility index (Phi) is 0.864. The van der Waals surface area contributed by atoms with Crippen molar-refractivity contribution in [2.75, 3.05) is 0 Å². The van der Waals surface area contributed by atoms with Crippen molar-refractivity contribution in [3.63, 3.8) is 0 Å². The minimum atomic E-state index is -0.0984. The van der Waals surface area contributed by atoms with E-state index in [1.165, 1.54) is 0 Å². The zero-order valence-corrected chi connectivity index (χ0v) is 6.15. The molecular formula is C9H6O3. The van der Waals surface area contributed by atoms with E-state index in [1.54, 1.807) is 0 Å². The fourth-order valence-corrected chi connectivity index (χ4v) is 1.40. The Balaban J connectivity index is 2.18. The Labute approximate surface area is 68.8 Å². The van der Waals surface area contributed by atoms with Crippen LogP contribution in [0, 0.1) is 0 Å². The lowest BCUT2D eigenvalue weighted by Gasteiger charge is -2.08. The molecule has 0 aromatic heterocycles. The van der Waals surface area contributed by atoms with E-state index < -0.39 is 0 Å². The molecule has 2 aliphatic rings. The van der Waals surface area contributed by atoms with Gasteiger partial charge < -0.3 is 14.6 Å². The maximum atomic E-state index is 9.20. The highest BCUT2D eigenvalue weighted by molar-refractivity contribution is 5.46. The largest absolute Gasteiger partial charge is 0.478 e. The summed E-state index contributed by atoms with van der Waals surface area (Å²) in [7, 11) is 0. The van der Waals surface area contributed by atoms with Crippen LogP contribution in [0.25, 0.3) is 0 Å². The number of hydrogen-bond donors (Lipinski definition) is 1. The van der Waals surface area contributed by atoms with Gasteiger partial charge in [0.1, 0.15) is 5.75 Å². The Morgan fingerprint density at radius 1 is 1.25 bits per heavy atom. The summed E-state index contributed by atoms with van der Waals surface area (Å²) in [6.07, 6.45) is -0.0602. The smallest absolute Gasteiger partial charge is 0.326 e. The lowest BCUT2D eigenvalue weighted by molar-refractivity contribution is 0.198. The molecule has 0 radical (unpaired) electrons. The highest BCUT2D eigenvalue weighted by Gasteiger charge is 2.45. The van der Waals surface area contributed by atoms with Crippen LogP contribution in [0.15, 0.2) is 36.0 Å². The standard InChI is InChI=1S/C9H6O3/c10-9-8-7(12-8)5-3-1-2-4-6(5)11-9/h1-4,7,10H. The summed E-state index contributed by atoms with van der Waals surface area (Å²) in [6.45, 7) is 0. The molecular weight excluding hydrogens is 156 g/mol. The predicted molar refractivity (Wildman–Crippen MR) is 40.6 cm³/mol. The first-order valence-corrected chi connectivity index (χ1v) is 3.73. The second-order valence-electron chi connectivity index (χ2n) is 2.81. The lowest BCUT2D eigenvalue weighted by atomic mass is 10.1. The van der Waals surface area contributed by atoms with Crippen molar-refractivity contribution in [2.24, 2.45) is 0 Å². The third-order valence-corrected chi connectivity index (χ3v) is 2.04. The number of aliphatic hydroxyl groups is 1. The van der Waals surface area contributed by atoms with Crippen molar-refractivity contribution >= 4 is 0 Å². The van der Waals surface area contributed by atoms with E-state index in [-0.39, 0.29) is 12.0 Å². The van der Waals surface area contributed by atoms with E-state index in [0.717, 1.165) is 5.56 Å². The SMILES string of the molecule is OC1=C2OC2c2ccccc2O1. The highest BCUT2D eigenvalue weighted by Crippen LogP contribution is 2.51. The fraction of sp³-hybridized carbons (Fsp3) is 0.111. The van der Waals surface area contributed by atoms with E-state index in [2.05, 4.69) is 0 Å². The summed E-state index contributed by atoms with van der Waals surface area (Å²) >= 11 is 0. The van der Waals surface area contributed by atoms with Crippen molar-refractivity contribution in [3.05, 3.63) is 41.5 Å². The molecule has 0 bridgehead atoms. The molecule has 3 heteroatoms. The van der Waals surface area contributed by atoms with Gasteiger partial charge in [0.25, 0.3) is 0 Å². The number of para-hydroxylation sites is 1. The van der Waals surface area contributed by atoms with Crippen molar-refractivity contribution in [2.45, 2.75) is 6.10 Å². The fourth-order valence-electron chi connectivity index (χ4n) is 1.40. The monoisotopic (exact) mass is 162 g/mol. The molecule has 12 heavy (non-hydrogen) atoms. The number of benzene rings is 1. The summed E-state index contributed by atoms with van der Waals surface area (Å²) in [5, 5.41) is 9.20. The third kappa shape index (κ3) is 0.605. The van der Waals surface area contributed by atoms with Crippen LogP contribution >= 0.6 is 0 Å². The molecule has 0 aliphatic carbocycles. The minimum Gasteiger partial charge on any atom is -0.478 e. The molecule has 2 aliphatic heterocycles. The average molecular weight is 162 g/mol. The molecule has 1 fully saturated rings. The molecule has 3 rings (SSSR count). The maximum absolute atomic E-state index is 9.20. The molecule has 1 N–H and O–H groups in total. The molecule has 1 saturated heterocycles. The second kappa shape index (κ2) is 1.75. The van der Waals surface area contributed by atoms with Gasteiger partial charge in [-0.3, -0.25) is 0 Å². The van der Waals surface area contributed by atoms with Gasteiger partial charge in [-0.15, -0.1) is 0 Å². The number of aliphatic hydroxyl groups excluding tert-OH is 1. The Hall–Kier alpha value is -1.64. The van der Waals surface area contributed by atoms with Crippen LogP contribution in [-0.2, 0) is 4.74 Å². The first-order valence-electron chi connectivity index (χ1n) is 3.73. The summed E-state index contributed by atoms with van der Waals surface area (Å²) < 4.78 is 10.2. The second-order valence-corrected chi connectivity index (χ2v) is 2.81. The van der Waals surface area contributed by atoms with Gasteiger partial charge in [0.05, 0.1) is 0 Å². The molecule has 60 valence electrons. The highest BCUT2D eigenvalue weighted by atomic mass is 16.7. The molecule has 1 atom stereocenters. The first-order chi connectivity index (χ1) is 5.86. The quantitative estimate of drug-likeness (QED) is 0.592. The van der Waals surface area contributed by atoms with Gasteiger partial charge in [-0.05, 0) is 6.07 Å².